The number of rotatable bonds is 5. The number of nitriles is 1. The Morgan fingerprint density at radius 2 is 2.02 bits per heavy atom. The van der Waals surface area contributed by atoms with Gasteiger partial charge in [-0.1, -0.05) is 24.8 Å². The predicted molar refractivity (Wildman–Crippen MR) is 152 cm³/mol. The summed E-state index contributed by atoms with van der Waals surface area (Å²) in [5.41, 5.74) is 6.32. The summed E-state index contributed by atoms with van der Waals surface area (Å²) >= 11 is 0. The van der Waals surface area contributed by atoms with Crippen LogP contribution in [0.1, 0.15) is 11.3 Å². The van der Waals surface area contributed by atoms with Gasteiger partial charge in [0.25, 0.3) is 0 Å². The van der Waals surface area contributed by atoms with Gasteiger partial charge in [-0.25, -0.2) is 24.6 Å². The number of hydrogen-bond donors (Lipinski definition) is 1. The number of nitrogens with zero attached hydrogens (tertiary/aromatic N) is 5. The molecule has 5 aromatic rings. The summed E-state index contributed by atoms with van der Waals surface area (Å²) in [6.45, 7) is 4.74. The maximum Gasteiger partial charge on any atom is 0.327 e. The second-order valence-electron chi connectivity index (χ2n) is 9.56. The van der Waals surface area contributed by atoms with Crippen molar-refractivity contribution in [2.24, 2.45) is 7.05 Å². The standard InChI is InChI=1S/C30H22BFN6O2/c1-4-24(39)37-20-10-8-18(9-11-20)28-26-21-13-22(32)23(40-25-7-5-6-17(2)36-25)12-19(21)14-31(15-33)29-27(26)30(38(28)3)35-16-34-29/h4-13,16H,1,14H2,2-3H3,(H,37,39). The predicted octanol–water partition coefficient (Wildman–Crippen LogP) is 4.92. The molecule has 8 nitrogen and oxygen atoms in total. The van der Waals surface area contributed by atoms with Crippen molar-refractivity contribution in [1.82, 2.24) is 19.5 Å². The maximum atomic E-state index is 15.7. The van der Waals surface area contributed by atoms with Crippen LogP contribution in [0.3, 0.4) is 0 Å². The highest BCUT2D eigenvalue weighted by Gasteiger charge is 2.34. The van der Waals surface area contributed by atoms with E-state index < -0.39 is 12.5 Å². The molecule has 0 saturated carbocycles. The number of fused-ring (bicyclic) bond motifs is 2. The zero-order valence-electron chi connectivity index (χ0n) is 21.8. The molecule has 1 aliphatic heterocycles. The molecule has 0 spiro atoms. The molecular formula is C30H22BFN6O2. The van der Waals surface area contributed by atoms with E-state index in [1.54, 1.807) is 30.3 Å². The highest BCUT2D eigenvalue weighted by Crippen LogP contribution is 2.44. The number of pyridine rings is 1. The Hall–Kier alpha value is -5.30. The monoisotopic (exact) mass is 528 g/mol. The van der Waals surface area contributed by atoms with Crippen molar-refractivity contribution in [3.8, 4) is 40.0 Å². The molecule has 6 rings (SSSR count). The van der Waals surface area contributed by atoms with Crippen LogP contribution < -0.4 is 15.6 Å². The van der Waals surface area contributed by atoms with Crippen LogP contribution in [0.15, 0.2) is 73.6 Å². The summed E-state index contributed by atoms with van der Waals surface area (Å²) in [5.74, 6) is 1.83. The van der Waals surface area contributed by atoms with Crippen LogP contribution in [0.2, 0.25) is 0 Å². The molecule has 0 aliphatic carbocycles. The fourth-order valence-corrected chi connectivity index (χ4v) is 5.23. The topological polar surface area (TPSA) is 106 Å². The number of amides is 1. The van der Waals surface area contributed by atoms with Gasteiger partial charge in [-0.15, -0.1) is 0 Å². The van der Waals surface area contributed by atoms with E-state index in [1.807, 2.05) is 36.7 Å². The van der Waals surface area contributed by atoms with E-state index in [-0.39, 0.29) is 17.5 Å². The lowest BCUT2D eigenvalue weighted by Crippen LogP contribution is -2.34. The van der Waals surface area contributed by atoms with Gasteiger partial charge in [0.2, 0.25) is 11.8 Å². The van der Waals surface area contributed by atoms with Gasteiger partial charge in [-0.05, 0) is 66.3 Å². The number of nitrogens with one attached hydrogen (secondary N) is 1. The Morgan fingerprint density at radius 1 is 1.23 bits per heavy atom. The Balaban J connectivity index is 1.56. The van der Waals surface area contributed by atoms with Crippen molar-refractivity contribution in [1.29, 1.82) is 5.26 Å². The minimum atomic E-state index is -0.576. The molecule has 3 aromatic heterocycles. The lowest BCUT2D eigenvalue weighted by atomic mass is 9.45. The lowest BCUT2D eigenvalue weighted by Gasteiger charge is -2.15. The first-order valence-electron chi connectivity index (χ1n) is 12.6. The molecule has 40 heavy (non-hydrogen) atoms. The van der Waals surface area contributed by atoms with Crippen LogP contribution in [0.5, 0.6) is 11.6 Å². The summed E-state index contributed by atoms with van der Waals surface area (Å²) in [6, 6.07) is 15.7. The Bertz CT molecular complexity index is 1880. The first-order chi connectivity index (χ1) is 19.4. The fourth-order valence-electron chi connectivity index (χ4n) is 5.23. The number of hydrogen-bond acceptors (Lipinski definition) is 6. The molecule has 0 saturated heterocycles. The van der Waals surface area contributed by atoms with Gasteiger partial charge in [0.1, 0.15) is 12.0 Å². The molecule has 2 aromatic carbocycles. The summed E-state index contributed by atoms with van der Waals surface area (Å²) in [6.07, 6.45) is 2.98. The van der Waals surface area contributed by atoms with Crippen molar-refractivity contribution >= 4 is 34.9 Å². The Morgan fingerprint density at radius 3 is 2.75 bits per heavy atom. The molecule has 0 unspecified atom stereocenters. The van der Waals surface area contributed by atoms with Crippen molar-refractivity contribution in [2.75, 3.05) is 5.32 Å². The first-order valence-corrected chi connectivity index (χ1v) is 12.6. The van der Waals surface area contributed by atoms with E-state index in [2.05, 4.69) is 32.8 Å². The molecule has 0 atom stereocenters. The summed E-state index contributed by atoms with van der Waals surface area (Å²) < 4.78 is 23.5. The van der Waals surface area contributed by atoms with Crippen molar-refractivity contribution in [2.45, 2.75) is 13.2 Å². The molecule has 0 bridgehead atoms. The number of anilines is 1. The minimum absolute atomic E-state index is 0.0293. The quantitative estimate of drug-likeness (QED) is 0.257. The van der Waals surface area contributed by atoms with Crippen LogP contribution in [-0.4, -0.2) is 32.1 Å². The third kappa shape index (κ3) is 4.18. The number of carbonyl (C=O) groups is 1. The zero-order valence-corrected chi connectivity index (χ0v) is 21.8. The highest BCUT2D eigenvalue weighted by molar-refractivity contribution is 6.81. The van der Waals surface area contributed by atoms with Gasteiger partial charge >= 0.3 is 6.71 Å². The average Bonchev–Trinajstić information content (AvgIpc) is 3.18. The van der Waals surface area contributed by atoms with Gasteiger partial charge in [-0.3, -0.25) is 4.79 Å². The third-order valence-electron chi connectivity index (χ3n) is 7.02. The number of aromatic nitrogens is 4. The molecule has 194 valence electrons. The number of ether oxygens (including phenoxy) is 1. The second kappa shape index (κ2) is 9.78. The first kappa shape index (κ1) is 25.0. The van der Waals surface area contributed by atoms with Gasteiger partial charge in [-0.2, -0.15) is 0 Å². The molecule has 1 N–H and O–H groups in total. The summed E-state index contributed by atoms with van der Waals surface area (Å²) in [7, 11) is 1.88. The lowest BCUT2D eigenvalue weighted by molar-refractivity contribution is -0.111. The molecule has 4 heterocycles. The van der Waals surface area contributed by atoms with E-state index in [1.165, 1.54) is 18.5 Å². The third-order valence-corrected chi connectivity index (χ3v) is 7.02. The molecular weight excluding hydrogens is 506 g/mol. The zero-order chi connectivity index (χ0) is 28.0. The van der Waals surface area contributed by atoms with E-state index in [4.69, 9.17) is 4.74 Å². The average molecular weight is 528 g/mol. The smallest absolute Gasteiger partial charge is 0.327 e. The van der Waals surface area contributed by atoms with E-state index in [0.29, 0.717) is 34.2 Å². The molecule has 10 heteroatoms. The molecule has 0 radical (unpaired) electrons. The van der Waals surface area contributed by atoms with E-state index in [9.17, 15) is 10.1 Å². The van der Waals surface area contributed by atoms with Crippen molar-refractivity contribution < 1.29 is 13.9 Å². The van der Waals surface area contributed by atoms with Gasteiger partial charge in [0.15, 0.2) is 11.6 Å². The number of benzene rings is 2. The molecule has 0 fully saturated rings. The largest absolute Gasteiger partial charge is 0.436 e. The van der Waals surface area contributed by atoms with Crippen molar-refractivity contribution in [3.05, 3.63) is 90.7 Å². The molecule has 1 aliphatic rings. The number of aryl methyl sites for hydroxylation is 2. The minimum Gasteiger partial charge on any atom is -0.436 e. The summed E-state index contributed by atoms with van der Waals surface area (Å²) in [4.78, 5) is 25.1. The Labute approximate surface area is 229 Å². The van der Waals surface area contributed by atoms with Crippen LogP contribution in [0.4, 0.5) is 10.1 Å². The maximum absolute atomic E-state index is 15.7. The van der Waals surface area contributed by atoms with E-state index >= 15 is 4.39 Å². The van der Waals surface area contributed by atoms with Gasteiger partial charge < -0.3 is 14.6 Å². The van der Waals surface area contributed by atoms with Crippen LogP contribution >= 0.6 is 0 Å². The normalized spacial score (nSPS) is 11.9. The van der Waals surface area contributed by atoms with Gasteiger partial charge in [0, 0.05) is 47.0 Å². The highest BCUT2D eigenvalue weighted by atomic mass is 19.1. The van der Waals surface area contributed by atoms with Crippen LogP contribution in [-0.2, 0) is 18.2 Å². The molecule has 1 amide bonds. The number of halogens is 1. The number of carbonyl (C=O) groups excluding carboxylic acids is 1. The van der Waals surface area contributed by atoms with Crippen LogP contribution in [0, 0.1) is 24.0 Å². The SMILES string of the molecule is C=CC(=O)Nc1ccc(-c2c3c4c(ncnc4n2C)B(C#N)Cc2cc(Oc4cccc(C)n4)c(F)cc2-3)cc1. The van der Waals surface area contributed by atoms with Crippen molar-refractivity contribution in [3.63, 3.8) is 0 Å². The summed E-state index contributed by atoms with van der Waals surface area (Å²) in [5, 5.41) is 13.6. The fraction of sp³-hybridized carbons (Fsp3) is 0.100. The van der Waals surface area contributed by atoms with Crippen LogP contribution in [0.25, 0.3) is 33.4 Å². The van der Waals surface area contributed by atoms with Gasteiger partial charge in [0.05, 0.1) is 5.69 Å². The van der Waals surface area contributed by atoms with E-state index in [0.717, 1.165) is 28.1 Å². The second-order valence-corrected chi connectivity index (χ2v) is 9.56. The Kier molecular flexibility index (Phi) is 6.12.